The molecule has 1 aromatic rings. The molecule has 0 bridgehead atoms. The zero-order valence-corrected chi connectivity index (χ0v) is 18.1. The van der Waals surface area contributed by atoms with E-state index in [9.17, 15) is 0 Å². The van der Waals surface area contributed by atoms with Gasteiger partial charge in [0.2, 0.25) is 0 Å². The molecule has 3 N–H and O–H groups in total. The molecule has 3 rings (SSSR count). The highest BCUT2D eigenvalue weighted by molar-refractivity contribution is 5.62. The number of nitrogen functional groups attached to an aromatic ring is 1. The molecule has 28 heavy (non-hydrogen) atoms. The first-order chi connectivity index (χ1) is 13.8. The van der Waals surface area contributed by atoms with E-state index in [1.54, 1.807) is 0 Å². The quantitative estimate of drug-likeness (QED) is 0.264. The van der Waals surface area contributed by atoms with Gasteiger partial charge in [-0.2, -0.15) is 0 Å². The Bertz CT molecular complexity index is 576. The van der Waals surface area contributed by atoms with E-state index in [4.69, 9.17) is 5.73 Å². The SMILES string of the molecule is Cc1c(N)cccc1NCCCC=CCC(C1CCCCC1)C1CCCCC1. The Labute approximate surface area is 173 Å². The Morgan fingerprint density at radius 3 is 2.25 bits per heavy atom. The van der Waals surface area contributed by atoms with E-state index in [1.165, 1.54) is 94.7 Å². The molecule has 0 heterocycles. The summed E-state index contributed by atoms with van der Waals surface area (Å²) >= 11 is 0. The third-order valence-corrected chi connectivity index (χ3v) is 7.32. The highest BCUT2D eigenvalue weighted by atomic mass is 14.9. The molecule has 0 spiro atoms. The van der Waals surface area contributed by atoms with Crippen molar-refractivity contribution in [1.29, 1.82) is 0 Å². The summed E-state index contributed by atoms with van der Waals surface area (Å²) in [5, 5.41) is 3.54. The van der Waals surface area contributed by atoms with Crippen molar-refractivity contribution in [2.75, 3.05) is 17.6 Å². The highest BCUT2D eigenvalue weighted by Gasteiger charge is 2.30. The van der Waals surface area contributed by atoms with Crippen LogP contribution in [0.25, 0.3) is 0 Å². The van der Waals surface area contributed by atoms with Crippen LogP contribution in [0.2, 0.25) is 0 Å². The van der Waals surface area contributed by atoms with Gasteiger partial charge in [-0.3, -0.25) is 0 Å². The maximum Gasteiger partial charge on any atom is 0.0390 e. The molecule has 0 atom stereocenters. The Balaban J connectivity index is 1.41. The third-order valence-electron chi connectivity index (χ3n) is 7.32. The zero-order valence-electron chi connectivity index (χ0n) is 18.1. The topological polar surface area (TPSA) is 38.0 Å². The van der Waals surface area contributed by atoms with Gasteiger partial charge < -0.3 is 11.1 Å². The van der Waals surface area contributed by atoms with E-state index in [0.29, 0.717) is 0 Å². The molecule has 0 radical (unpaired) electrons. The number of nitrogens with two attached hydrogens (primary N) is 1. The van der Waals surface area contributed by atoms with Gasteiger partial charge in [-0.05, 0) is 61.6 Å². The van der Waals surface area contributed by atoms with Gasteiger partial charge in [0, 0.05) is 17.9 Å². The molecule has 2 fully saturated rings. The summed E-state index contributed by atoms with van der Waals surface area (Å²) in [6, 6.07) is 6.13. The van der Waals surface area contributed by atoms with E-state index >= 15 is 0 Å². The minimum Gasteiger partial charge on any atom is -0.398 e. The normalized spacial score (nSPS) is 19.5. The second-order valence-electron chi connectivity index (χ2n) is 9.26. The van der Waals surface area contributed by atoms with E-state index in [1.807, 2.05) is 12.1 Å². The van der Waals surface area contributed by atoms with Gasteiger partial charge in [-0.15, -0.1) is 0 Å². The fourth-order valence-corrected chi connectivity index (χ4v) is 5.55. The summed E-state index contributed by atoms with van der Waals surface area (Å²) in [6.45, 7) is 3.11. The number of unbranched alkanes of at least 4 members (excludes halogenated alkanes) is 1. The van der Waals surface area contributed by atoms with Gasteiger partial charge >= 0.3 is 0 Å². The largest absolute Gasteiger partial charge is 0.398 e. The number of nitrogens with one attached hydrogen (secondary N) is 1. The number of rotatable bonds is 9. The van der Waals surface area contributed by atoms with E-state index in [2.05, 4.69) is 30.5 Å². The van der Waals surface area contributed by atoms with Crippen LogP contribution in [-0.4, -0.2) is 6.54 Å². The fourth-order valence-electron chi connectivity index (χ4n) is 5.55. The van der Waals surface area contributed by atoms with Crippen molar-refractivity contribution in [3.8, 4) is 0 Å². The van der Waals surface area contributed by atoms with Gasteiger partial charge in [0.15, 0.2) is 0 Å². The van der Waals surface area contributed by atoms with Crippen molar-refractivity contribution in [2.24, 2.45) is 17.8 Å². The molecule has 0 saturated heterocycles. The maximum atomic E-state index is 5.99. The van der Waals surface area contributed by atoms with Crippen LogP contribution in [0, 0.1) is 24.7 Å². The van der Waals surface area contributed by atoms with Crippen LogP contribution in [0.4, 0.5) is 11.4 Å². The second-order valence-corrected chi connectivity index (χ2v) is 9.26. The number of benzene rings is 1. The summed E-state index contributed by atoms with van der Waals surface area (Å²) in [7, 11) is 0. The molecule has 0 aliphatic heterocycles. The Morgan fingerprint density at radius 2 is 1.61 bits per heavy atom. The Kier molecular flexibility index (Phi) is 8.76. The van der Waals surface area contributed by atoms with Gasteiger partial charge in [0.25, 0.3) is 0 Å². The van der Waals surface area contributed by atoms with Crippen molar-refractivity contribution in [3.05, 3.63) is 35.9 Å². The second kappa shape index (κ2) is 11.5. The van der Waals surface area contributed by atoms with Crippen molar-refractivity contribution >= 4 is 11.4 Å². The molecule has 0 unspecified atom stereocenters. The predicted octanol–water partition coefficient (Wildman–Crippen LogP) is 7.49. The smallest absolute Gasteiger partial charge is 0.0390 e. The first-order valence-corrected chi connectivity index (χ1v) is 12.0. The minimum absolute atomic E-state index is 0.876. The van der Waals surface area contributed by atoms with Crippen molar-refractivity contribution < 1.29 is 0 Å². The van der Waals surface area contributed by atoms with Crippen LogP contribution >= 0.6 is 0 Å². The van der Waals surface area contributed by atoms with Crippen molar-refractivity contribution in [2.45, 2.75) is 90.4 Å². The van der Waals surface area contributed by atoms with Crippen LogP contribution in [0.5, 0.6) is 0 Å². The lowest BCUT2D eigenvalue weighted by atomic mass is 9.68. The predicted molar refractivity (Wildman–Crippen MR) is 124 cm³/mol. The standard InChI is InChI=1S/C26H42N2/c1-21-25(27)18-12-19-26(21)28-20-11-3-2-10-17-24(22-13-6-4-7-14-22)23-15-8-5-9-16-23/h2,10,12,18-19,22-24,28H,3-9,11,13-17,20,27H2,1H3. The fraction of sp³-hybridized carbons (Fsp3) is 0.692. The Hall–Kier alpha value is -1.44. The van der Waals surface area contributed by atoms with Gasteiger partial charge in [-0.1, -0.05) is 82.4 Å². The summed E-state index contributed by atoms with van der Waals surface area (Å²) in [5.74, 6) is 2.98. The van der Waals surface area contributed by atoms with Gasteiger partial charge in [0.05, 0.1) is 0 Å². The van der Waals surface area contributed by atoms with E-state index in [0.717, 1.165) is 30.0 Å². The maximum absolute atomic E-state index is 5.99. The van der Waals surface area contributed by atoms with Crippen LogP contribution in [-0.2, 0) is 0 Å². The molecule has 2 heteroatoms. The van der Waals surface area contributed by atoms with Crippen LogP contribution < -0.4 is 11.1 Å². The summed E-state index contributed by atoms with van der Waals surface area (Å²) in [5.41, 5.74) is 9.21. The Morgan fingerprint density at radius 1 is 0.964 bits per heavy atom. The molecule has 0 aromatic heterocycles. The lowest BCUT2D eigenvalue weighted by Gasteiger charge is -2.37. The molecule has 2 nitrogen and oxygen atoms in total. The molecule has 2 saturated carbocycles. The van der Waals surface area contributed by atoms with E-state index in [-0.39, 0.29) is 0 Å². The lowest BCUT2D eigenvalue weighted by Crippen LogP contribution is -2.26. The van der Waals surface area contributed by atoms with Gasteiger partial charge in [-0.25, -0.2) is 0 Å². The van der Waals surface area contributed by atoms with Crippen LogP contribution in [0.3, 0.4) is 0 Å². The lowest BCUT2D eigenvalue weighted by molar-refractivity contribution is 0.145. The van der Waals surface area contributed by atoms with E-state index < -0.39 is 0 Å². The number of hydrogen-bond donors (Lipinski definition) is 2. The zero-order chi connectivity index (χ0) is 19.6. The molecule has 1 aromatic carbocycles. The molecular formula is C26H42N2. The van der Waals surface area contributed by atoms with Crippen molar-refractivity contribution in [3.63, 3.8) is 0 Å². The first-order valence-electron chi connectivity index (χ1n) is 12.0. The average molecular weight is 383 g/mol. The average Bonchev–Trinajstić information content (AvgIpc) is 2.74. The van der Waals surface area contributed by atoms with Crippen LogP contribution in [0.1, 0.15) is 89.0 Å². The summed E-state index contributed by atoms with van der Waals surface area (Å²) in [6.07, 6.45) is 23.5. The third kappa shape index (κ3) is 6.29. The summed E-state index contributed by atoms with van der Waals surface area (Å²) < 4.78 is 0. The number of allylic oxidation sites excluding steroid dienone is 2. The molecular weight excluding hydrogens is 340 g/mol. The van der Waals surface area contributed by atoms with Crippen molar-refractivity contribution in [1.82, 2.24) is 0 Å². The highest BCUT2D eigenvalue weighted by Crippen LogP contribution is 2.41. The minimum atomic E-state index is 0.876. The van der Waals surface area contributed by atoms with Gasteiger partial charge in [0.1, 0.15) is 0 Å². The number of hydrogen-bond acceptors (Lipinski definition) is 2. The molecule has 2 aliphatic carbocycles. The molecule has 156 valence electrons. The molecule has 2 aliphatic rings. The monoisotopic (exact) mass is 382 g/mol. The van der Waals surface area contributed by atoms with Crippen LogP contribution in [0.15, 0.2) is 30.4 Å². The summed E-state index contributed by atoms with van der Waals surface area (Å²) in [4.78, 5) is 0. The molecule has 0 amide bonds. The number of anilines is 2. The first kappa shape index (κ1) is 21.3.